The monoisotopic (exact) mass is 433 g/mol. The summed E-state index contributed by atoms with van der Waals surface area (Å²) in [4.78, 5) is 40.9. The number of aryl methyl sites for hydroxylation is 1. The molecular weight excluding hydrogens is 413 g/mol. The van der Waals surface area contributed by atoms with Crippen molar-refractivity contribution in [2.75, 3.05) is 11.9 Å². The number of pyridine rings is 1. The largest absolute Gasteiger partial charge is 0.357 e. The average molecular weight is 433 g/mol. The summed E-state index contributed by atoms with van der Waals surface area (Å²) >= 11 is 0. The number of H-pyrrole nitrogens is 1. The lowest BCUT2D eigenvalue weighted by Crippen LogP contribution is -2.39. The molecule has 0 bridgehead atoms. The molecule has 2 aliphatic heterocycles. The number of aromatic amines is 1. The minimum atomic E-state index is -0.543. The summed E-state index contributed by atoms with van der Waals surface area (Å²) in [5.41, 5.74) is 5.05. The maximum atomic E-state index is 15.8. The van der Waals surface area contributed by atoms with Crippen molar-refractivity contribution >= 4 is 23.5 Å². The van der Waals surface area contributed by atoms with Crippen LogP contribution in [0.25, 0.3) is 11.3 Å². The number of rotatable bonds is 2. The van der Waals surface area contributed by atoms with Crippen molar-refractivity contribution < 1.29 is 14.0 Å². The molecule has 0 radical (unpaired) electrons. The second kappa shape index (κ2) is 6.84. The maximum Gasteiger partial charge on any atom is 0.256 e. The Bertz CT molecular complexity index is 1320. The van der Waals surface area contributed by atoms with Gasteiger partial charge in [-0.2, -0.15) is 0 Å². The molecule has 5 heterocycles. The minimum Gasteiger partial charge on any atom is -0.357 e. The van der Waals surface area contributed by atoms with Crippen LogP contribution < -0.4 is 16.0 Å². The summed E-state index contributed by atoms with van der Waals surface area (Å²) in [7, 11) is 0. The predicted molar refractivity (Wildman–Crippen MR) is 113 cm³/mol. The van der Waals surface area contributed by atoms with Crippen molar-refractivity contribution in [3.05, 3.63) is 52.0 Å². The number of aromatic nitrogens is 4. The molecule has 2 amide bonds. The number of hydrogen-bond acceptors (Lipinski definition) is 6. The number of anilines is 2. The van der Waals surface area contributed by atoms with Gasteiger partial charge in [0, 0.05) is 42.9 Å². The van der Waals surface area contributed by atoms with Crippen LogP contribution in [0.1, 0.15) is 50.2 Å². The number of hydrogen-bond donors (Lipinski definition) is 4. The van der Waals surface area contributed by atoms with Gasteiger partial charge in [-0.15, -0.1) is 0 Å². The lowest BCUT2D eigenvalue weighted by molar-refractivity contribution is 0.0924. The number of nitrogens with zero attached hydrogens (tertiary/aromatic N) is 3. The highest BCUT2D eigenvalue weighted by molar-refractivity contribution is 6.02. The summed E-state index contributed by atoms with van der Waals surface area (Å²) in [5, 5.41) is 8.62. The van der Waals surface area contributed by atoms with Crippen LogP contribution in [0.15, 0.2) is 12.5 Å². The number of carbonyl (C=O) groups excluding carboxylic acids is 2. The van der Waals surface area contributed by atoms with E-state index in [2.05, 4.69) is 35.9 Å². The molecule has 0 saturated heterocycles. The zero-order valence-corrected chi connectivity index (χ0v) is 17.3. The summed E-state index contributed by atoms with van der Waals surface area (Å²) in [6.07, 6.45) is 5.47. The fraction of sp³-hybridized carbons (Fsp3) is 0.318. The molecule has 1 atom stereocenters. The lowest BCUT2D eigenvalue weighted by atomic mass is 9.88. The summed E-state index contributed by atoms with van der Waals surface area (Å²) in [6.45, 7) is 2.44. The Morgan fingerprint density at radius 2 is 1.91 bits per heavy atom. The van der Waals surface area contributed by atoms with E-state index in [4.69, 9.17) is 0 Å². The van der Waals surface area contributed by atoms with E-state index in [-0.39, 0.29) is 29.5 Å². The third-order valence-electron chi connectivity index (χ3n) is 6.33. The number of amides is 2. The van der Waals surface area contributed by atoms with Crippen LogP contribution >= 0.6 is 0 Å². The van der Waals surface area contributed by atoms with E-state index in [1.165, 1.54) is 6.33 Å². The van der Waals surface area contributed by atoms with Gasteiger partial charge >= 0.3 is 0 Å². The molecule has 162 valence electrons. The van der Waals surface area contributed by atoms with Gasteiger partial charge < -0.3 is 20.9 Å². The molecule has 3 aromatic rings. The molecule has 3 aliphatic rings. The fourth-order valence-corrected chi connectivity index (χ4v) is 4.91. The quantitative estimate of drug-likeness (QED) is 0.489. The van der Waals surface area contributed by atoms with Crippen molar-refractivity contribution in [3.8, 4) is 11.3 Å². The Morgan fingerprint density at radius 3 is 2.78 bits per heavy atom. The van der Waals surface area contributed by atoms with Crippen molar-refractivity contribution in [1.29, 1.82) is 0 Å². The van der Waals surface area contributed by atoms with E-state index in [1.807, 2.05) is 6.92 Å². The van der Waals surface area contributed by atoms with Gasteiger partial charge in [-0.05, 0) is 30.9 Å². The van der Waals surface area contributed by atoms with Gasteiger partial charge in [-0.3, -0.25) is 9.59 Å². The second-order valence-electron chi connectivity index (χ2n) is 8.41. The molecule has 10 heteroatoms. The first kappa shape index (κ1) is 18.9. The number of fused-ring (bicyclic) bond motifs is 6. The third-order valence-corrected chi connectivity index (χ3v) is 6.33. The van der Waals surface area contributed by atoms with Gasteiger partial charge in [-0.1, -0.05) is 0 Å². The Balaban J connectivity index is 1.45. The summed E-state index contributed by atoms with van der Waals surface area (Å²) in [6, 6.07) is 0.0178. The Hall–Kier alpha value is -3.82. The van der Waals surface area contributed by atoms with Crippen molar-refractivity contribution in [1.82, 2.24) is 30.6 Å². The van der Waals surface area contributed by atoms with Gasteiger partial charge in [0.15, 0.2) is 11.6 Å². The molecular formula is C22H20FN7O2. The molecule has 6 rings (SSSR count). The van der Waals surface area contributed by atoms with Crippen LogP contribution in [0.4, 0.5) is 16.0 Å². The Morgan fingerprint density at radius 1 is 1.03 bits per heavy atom. The smallest absolute Gasteiger partial charge is 0.256 e. The van der Waals surface area contributed by atoms with Gasteiger partial charge in [-0.25, -0.2) is 19.3 Å². The van der Waals surface area contributed by atoms with E-state index in [0.29, 0.717) is 60.3 Å². The van der Waals surface area contributed by atoms with Crippen LogP contribution in [0, 0.1) is 5.82 Å². The number of nitrogens with one attached hydrogen (secondary N) is 4. The van der Waals surface area contributed by atoms with E-state index in [1.54, 1.807) is 6.20 Å². The first-order valence-electron chi connectivity index (χ1n) is 10.6. The molecule has 0 spiro atoms. The van der Waals surface area contributed by atoms with Crippen LogP contribution in [-0.4, -0.2) is 44.3 Å². The molecule has 1 aliphatic carbocycles. The highest BCUT2D eigenvalue weighted by atomic mass is 19.1. The van der Waals surface area contributed by atoms with Crippen LogP contribution in [0.5, 0.6) is 0 Å². The van der Waals surface area contributed by atoms with Crippen molar-refractivity contribution in [3.63, 3.8) is 0 Å². The van der Waals surface area contributed by atoms with Crippen LogP contribution in [0.2, 0.25) is 0 Å². The lowest BCUT2D eigenvalue weighted by Gasteiger charge is -2.22. The second-order valence-corrected chi connectivity index (χ2v) is 8.41. The van der Waals surface area contributed by atoms with Gasteiger partial charge in [0.2, 0.25) is 0 Å². The third kappa shape index (κ3) is 2.72. The first-order valence-corrected chi connectivity index (χ1v) is 10.6. The summed E-state index contributed by atoms with van der Waals surface area (Å²) < 4.78 is 15.8. The standard InChI is InChI=1S/C22H20FN7O2/c1-9-6-13-15(22(32)28-9)11-3-2-10-7-25-20(17(23)14(10)18(11)29-13)30-19-16-12(26-8-27-19)4-5-24-21(16)31/h7-9,29H,2-6H2,1H3,(H,24,31)(H,28,32)(H,25,26,27,30)/t9-/m0/s1. The van der Waals surface area contributed by atoms with Gasteiger partial charge in [0.1, 0.15) is 17.7 Å². The van der Waals surface area contributed by atoms with E-state index < -0.39 is 5.82 Å². The van der Waals surface area contributed by atoms with Gasteiger partial charge in [0.05, 0.1) is 17.0 Å². The minimum absolute atomic E-state index is 0.0178. The molecule has 32 heavy (non-hydrogen) atoms. The highest BCUT2D eigenvalue weighted by Crippen LogP contribution is 2.40. The van der Waals surface area contributed by atoms with Crippen LogP contribution in [-0.2, 0) is 25.7 Å². The molecule has 0 saturated carbocycles. The van der Waals surface area contributed by atoms with Crippen LogP contribution in [0.3, 0.4) is 0 Å². The Labute approximate surface area is 182 Å². The molecule has 9 nitrogen and oxygen atoms in total. The zero-order valence-electron chi connectivity index (χ0n) is 17.3. The maximum absolute atomic E-state index is 15.8. The molecule has 4 N–H and O–H groups in total. The normalized spacial score (nSPS) is 18.6. The molecule has 0 unspecified atom stereocenters. The SMILES string of the molecule is C[C@H]1Cc2[nH]c3c(c2C(=O)N1)CCc1cnc(Nc2ncnc4c2C(=O)NCC4)c(F)c1-3. The Kier molecular flexibility index (Phi) is 4.04. The summed E-state index contributed by atoms with van der Waals surface area (Å²) in [5.74, 6) is -0.771. The fourth-order valence-electron chi connectivity index (χ4n) is 4.91. The van der Waals surface area contributed by atoms with E-state index in [0.717, 1.165) is 16.8 Å². The van der Waals surface area contributed by atoms with E-state index in [9.17, 15) is 9.59 Å². The topological polar surface area (TPSA) is 125 Å². The highest BCUT2D eigenvalue weighted by Gasteiger charge is 2.34. The number of carbonyl (C=O) groups is 2. The number of halogens is 1. The first-order chi connectivity index (χ1) is 15.5. The molecule has 3 aromatic heterocycles. The zero-order chi connectivity index (χ0) is 22.0. The average Bonchev–Trinajstić information content (AvgIpc) is 3.14. The van der Waals surface area contributed by atoms with Gasteiger partial charge in [0.25, 0.3) is 11.8 Å². The molecule has 0 fully saturated rings. The molecule has 0 aromatic carbocycles. The van der Waals surface area contributed by atoms with E-state index >= 15 is 4.39 Å². The van der Waals surface area contributed by atoms with Crippen molar-refractivity contribution in [2.45, 2.75) is 38.6 Å². The predicted octanol–water partition coefficient (Wildman–Crippen LogP) is 1.81. The van der Waals surface area contributed by atoms with Crippen molar-refractivity contribution in [2.24, 2.45) is 0 Å².